The molecule has 1 unspecified atom stereocenters. The van der Waals surface area contributed by atoms with Gasteiger partial charge in [-0.2, -0.15) is 0 Å². The molecule has 1 aromatic carbocycles. The zero-order valence-corrected chi connectivity index (χ0v) is 11.7. The van der Waals surface area contributed by atoms with E-state index in [0.29, 0.717) is 37.7 Å². The summed E-state index contributed by atoms with van der Waals surface area (Å²) in [6.45, 7) is 1.63. The number of carboxylic acid groups (broad SMARTS) is 1. The summed E-state index contributed by atoms with van der Waals surface area (Å²) in [5.41, 5.74) is 0.772. The number of aliphatic carboxylic acids is 1. The fourth-order valence-corrected chi connectivity index (χ4v) is 1.89. The smallest absolute Gasteiger partial charge is 0.310 e. The monoisotopic (exact) mass is 286 g/mol. The van der Waals surface area contributed by atoms with Crippen LogP contribution in [-0.2, 0) is 14.3 Å². The average Bonchev–Trinajstić information content (AvgIpc) is 2.39. The number of hydrogen-bond donors (Lipinski definition) is 1. The lowest BCUT2D eigenvalue weighted by Crippen LogP contribution is -2.13. The molecule has 106 valence electrons. The summed E-state index contributed by atoms with van der Waals surface area (Å²) in [7, 11) is 1.62. The second-order valence-electron chi connectivity index (χ2n) is 4.19. The molecule has 0 fully saturated rings. The van der Waals surface area contributed by atoms with Gasteiger partial charge in [-0.05, 0) is 30.5 Å². The normalized spacial score (nSPS) is 12.3. The quantitative estimate of drug-likeness (QED) is 0.709. The highest BCUT2D eigenvalue weighted by molar-refractivity contribution is 6.30. The van der Waals surface area contributed by atoms with Gasteiger partial charge in [-0.15, -0.1) is 0 Å². The number of ether oxygens (including phenoxy) is 2. The molecule has 1 N–H and O–H groups in total. The number of rotatable bonds is 9. The Morgan fingerprint density at radius 2 is 1.95 bits per heavy atom. The zero-order chi connectivity index (χ0) is 14.1. The molecule has 0 radical (unpaired) electrons. The first-order valence-corrected chi connectivity index (χ1v) is 6.58. The number of methoxy groups -OCH3 is 1. The van der Waals surface area contributed by atoms with Gasteiger partial charge in [0.25, 0.3) is 0 Å². The summed E-state index contributed by atoms with van der Waals surface area (Å²) in [6.07, 6.45) is 1.24. The average molecular weight is 287 g/mol. The van der Waals surface area contributed by atoms with E-state index in [1.807, 2.05) is 0 Å². The van der Waals surface area contributed by atoms with Crippen LogP contribution in [0.2, 0.25) is 5.02 Å². The Morgan fingerprint density at radius 3 is 2.53 bits per heavy atom. The van der Waals surface area contributed by atoms with Crippen molar-refractivity contribution in [1.29, 1.82) is 0 Å². The van der Waals surface area contributed by atoms with Gasteiger partial charge in [-0.3, -0.25) is 4.79 Å². The second kappa shape index (κ2) is 8.91. The lowest BCUT2D eigenvalue weighted by atomic mass is 9.94. The van der Waals surface area contributed by atoms with E-state index in [9.17, 15) is 9.90 Å². The molecular formula is C14H19ClO4. The molecule has 0 saturated heterocycles. The van der Waals surface area contributed by atoms with Crippen LogP contribution in [0, 0.1) is 0 Å². The zero-order valence-electron chi connectivity index (χ0n) is 11.0. The van der Waals surface area contributed by atoms with Crippen molar-refractivity contribution in [3.8, 4) is 0 Å². The van der Waals surface area contributed by atoms with Gasteiger partial charge in [-0.25, -0.2) is 0 Å². The van der Waals surface area contributed by atoms with Gasteiger partial charge in [0, 0.05) is 18.7 Å². The summed E-state index contributed by atoms with van der Waals surface area (Å²) in [6, 6.07) is 6.93. The van der Waals surface area contributed by atoms with Gasteiger partial charge in [0.05, 0.1) is 19.1 Å². The van der Waals surface area contributed by atoms with Crippen LogP contribution in [0.3, 0.4) is 0 Å². The van der Waals surface area contributed by atoms with Gasteiger partial charge in [-0.1, -0.05) is 23.7 Å². The predicted octanol–water partition coefficient (Wildman–Crippen LogP) is 2.95. The van der Waals surface area contributed by atoms with Crippen molar-refractivity contribution in [3.05, 3.63) is 34.9 Å². The SMILES string of the molecule is COCCOCCCC(C(=O)O)c1ccc(Cl)cc1. The van der Waals surface area contributed by atoms with Crippen molar-refractivity contribution in [2.24, 2.45) is 0 Å². The third-order valence-corrected chi connectivity index (χ3v) is 3.04. The van der Waals surface area contributed by atoms with Crippen molar-refractivity contribution in [2.75, 3.05) is 26.9 Å². The minimum Gasteiger partial charge on any atom is -0.481 e. The molecule has 0 saturated carbocycles. The molecule has 1 aromatic rings. The number of benzene rings is 1. The summed E-state index contributed by atoms with van der Waals surface area (Å²) in [5, 5.41) is 9.85. The largest absolute Gasteiger partial charge is 0.481 e. The topological polar surface area (TPSA) is 55.8 Å². The lowest BCUT2D eigenvalue weighted by Gasteiger charge is -2.13. The first-order valence-electron chi connectivity index (χ1n) is 6.20. The molecule has 0 amide bonds. The van der Waals surface area contributed by atoms with E-state index < -0.39 is 11.9 Å². The van der Waals surface area contributed by atoms with Gasteiger partial charge < -0.3 is 14.6 Å². The van der Waals surface area contributed by atoms with E-state index in [2.05, 4.69) is 0 Å². The van der Waals surface area contributed by atoms with Crippen LogP contribution in [-0.4, -0.2) is 38.0 Å². The molecule has 1 rings (SSSR count). The van der Waals surface area contributed by atoms with E-state index in [1.54, 1.807) is 31.4 Å². The molecule has 0 aromatic heterocycles. The Labute approximate surface area is 118 Å². The Balaban J connectivity index is 2.41. The van der Waals surface area contributed by atoms with Crippen molar-refractivity contribution in [1.82, 2.24) is 0 Å². The van der Waals surface area contributed by atoms with Crippen LogP contribution in [0.25, 0.3) is 0 Å². The van der Waals surface area contributed by atoms with Gasteiger partial charge >= 0.3 is 5.97 Å². The number of hydrogen-bond acceptors (Lipinski definition) is 3. The molecule has 19 heavy (non-hydrogen) atoms. The lowest BCUT2D eigenvalue weighted by molar-refractivity contribution is -0.139. The Kier molecular flexibility index (Phi) is 7.48. The minimum atomic E-state index is -0.820. The van der Waals surface area contributed by atoms with E-state index in [4.69, 9.17) is 21.1 Å². The molecule has 0 aliphatic rings. The van der Waals surface area contributed by atoms with Crippen LogP contribution in [0.4, 0.5) is 0 Å². The third-order valence-electron chi connectivity index (χ3n) is 2.78. The summed E-state index contributed by atoms with van der Waals surface area (Å²) >= 11 is 5.79. The molecule has 0 aliphatic heterocycles. The Morgan fingerprint density at radius 1 is 1.26 bits per heavy atom. The predicted molar refractivity (Wildman–Crippen MR) is 73.8 cm³/mol. The summed E-state index contributed by atoms with van der Waals surface area (Å²) < 4.78 is 10.2. The van der Waals surface area contributed by atoms with Crippen LogP contribution in [0.5, 0.6) is 0 Å². The molecular weight excluding hydrogens is 268 g/mol. The van der Waals surface area contributed by atoms with E-state index >= 15 is 0 Å². The van der Waals surface area contributed by atoms with E-state index in [1.165, 1.54) is 0 Å². The molecule has 4 nitrogen and oxygen atoms in total. The molecule has 0 spiro atoms. The highest BCUT2D eigenvalue weighted by Crippen LogP contribution is 2.23. The van der Waals surface area contributed by atoms with E-state index in [0.717, 1.165) is 5.56 Å². The van der Waals surface area contributed by atoms with Crippen LogP contribution < -0.4 is 0 Å². The molecule has 5 heteroatoms. The summed E-state index contributed by atoms with van der Waals surface area (Å²) in [4.78, 5) is 11.3. The molecule has 0 bridgehead atoms. The number of halogens is 1. The maximum absolute atomic E-state index is 11.3. The number of carboxylic acids is 1. The van der Waals surface area contributed by atoms with Crippen molar-refractivity contribution < 1.29 is 19.4 Å². The third kappa shape index (κ3) is 6.05. The maximum atomic E-state index is 11.3. The molecule has 0 heterocycles. The van der Waals surface area contributed by atoms with Gasteiger partial charge in [0.15, 0.2) is 0 Å². The van der Waals surface area contributed by atoms with Crippen LogP contribution >= 0.6 is 11.6 Å². The standard InChI is InChI=1S/C14H19ClO4/c1-18-9-10-19-8-2-3-13(14(16)17)11-4-6-12(15)7-5-11/h4-7,13H,2-3,8-10H2,1H3,(H,16,17). The molecule has 0 aliphatic carbocycles. The fraction of sp³-hybridized carbons (Fsp3) is 0.500. The van der Waals surface area contributed by atoms with Crippen LogP contribution in [0.1, 0.15) is 24.3 Å². The van der Waals surface area contributed by atoms with Crippen LogP contribution in [0.15, 0.2) is 24.3 Å². The first-order chi connectivity index (χ1) is 9.15. The Bertz CT molecular complexity index is 378. The first kappa shape index (κ1) is 16.0. The maximum Gasteiger partial charge on any atom is 0.310 e. The molecule has 1 atom stereocenters. The highest BCUT2D eigenvalue weighted by atomic mass is 35.5. The van der Waals surface area contributed by atoms with Gasteiger partial charge in [0.1, 0.15) is 0 Å². The van der Waals surface area contributed by atoms with Crippen molar-refractivity contribution >= 4 is 17.6 Å². The van der Waals surface area contributed by atoms with Crippen molar-refractivity contribution in [3.63, 3.8) is 0 Å². The summed E-state index contributed by atoms with van der Waals surface area (Å²) in [5.74, 6) is -1.33. The fourth-order valence-electron chi connectivity index (χ4n) is 1.76. The van der Waals surface area contributed by atoms with E-state index in [-0.39, 0.29) is 0 Å². The number of carbonyl (C=O) groups is 1. The van der Waals surface area contributed by atoms with Crippen molar-refractivity contribution in [2.45, 2.75) is 18.8 Å². The van der Waals surface area contributed by atoms with Gasteiger partial charge in [0.2, 0.25) is 0 Å². The Hall–Kier alpha value is -1.10. The second-order valence-corrected chi connectivity index (χ2v) is 4.63. The highest BCUT2D eigenvalue weighted by Gasteiger charge is 2.19. The minimum absolute atomic E-state index is 0.511.